The van der Waals surface area contributed by atoms with Crippen LogP contribution in [0.1, 0.15) is 26.3 Å². The molecule has 3 aromatic carbocycles. The van der Waals surface area contributed by atoms with Crippen molar-refractivity contribution >= 4 is 23.4 Å². The zero-order valence-corrected chi connectivity index (χ0v) is 17.7. The van der Waals surface area contributed by atoms with Crippen molar-refractivity contribution in [3.8, 4) is 11.5 Å². The summed E-state index contributed by atoms with van der Waals surface area (Å²) in [5.74, 6) is -0.451. The minimum Gasteiger partial charge on any atom is -0.497 e. The Balaban J connectivity index is 1.68. The fraction of sp³-hybridized carbons (Fsp3) is 0.160. The van der Waals surface area contributed by atoms with Crippen molar-refractivity contribution in [1.29, 1.82) is 0 Å². The van der Waals surface area contributed by atoms with Crippen molar-refractivity contribution < 1.29 is 23.9 Å². The third-order valence-corrected chi connectivity index (χ3v) is 5.33. The molecule has 32 heavy (non-hydrogen) atoms. The van der Waals surface area contributed by atoms with Crippen LogP contribution in [0, 0.1) is 0 Å². The number of imide groups is 1. The molecule has 3 aromatic rings. The Kier molecular flexibility index (Phi) is 5.89. The molecule has 1 heterocycles. The lowest BCUT2D eigenvalue weighted by Gasteiger charge is -2.25. The maximum atomic E-state index is 13.4. The Hall–Kier alpha value is -4.13. The van der Waals surface area contributed by atoms with E-state index in [0.717, 1.165) is 10.5 Å². The van der Waals surface area contributed by atoms with Gasteiger partial charge < -0.3 is 14.8 Å². The summed E-state index contributed by atoms with van der Waals surface area (Å²) in [4.78, 5) is 40.6. The number of hydrogen-bond acceptors (Lipinski definition) is 5. The summed E-state index contributed by atoms with van der Waals surface area (Å²) in [5, 5.41) is 2.81. The number of anilines is 1. The Labute approximate surface area is 185 Å². The third kappa shape index (κ3) is 4.05. The van der Waals surface area contributed by atoms with Crippen molar-refractivity contribution in [1.82, 2.24) is 4.90 Å². The average Bonchev–Trinajstić information content (AvgIpc) is 3.08. The van der Waals surface area contributed by atoms with Crippen LogP contribution in [0.3, 0.4) is 0 Å². The SMILES string of the molecule is COc1cc(NC(=O)[C@H](Cc2ccccc2)N2C(=O)c3ccccc3C2=O)cc(OC)c1. The Morgan fingerprint density at radius 2 is 1.38 bits per heavy atom. The minimum absolute atomic E-state index is 0.180. The zero-order valence-electron chi connectivity index (χ0n) is 17.7. The van der Waals surface area contributed by atoms with Gasteiger partial charge in [0.15, 0.2) is 0 Å². The van der Waals surface area contributed by atoms with Gasteiger partial charge in [0.25, 0.3) is 11.8 Å². The van der Waals surface area contributed by atoms with E-state index in [-0.39, 0.29) is 6.42 Å². The number of carbonyl (C=O) groups is 3. The molecule has 7 heteroatoms. The summed E-state index contributed by atoms with van der Waals surface area (Å²) in [7, 11) is 3.02. The van der Waals surface area contributed by atoms with Crippen molar-refractivity contribution in [2.24, 2.45) is 0 Å². The summed E-state index contributed by atoms with van der Waals surface area (Å²) < 4.78 is 10.5. The lowest BCUT2D eigenvalue weighted by Crippen LogP contribution is -2.48. The molecule has 0 bridgehead atoms. The van der Waals surface area contributed by atoms with Crippen LogP contribution in [0.4, 0.5) is 5.69 Å². The second-order valence-electron chi connectivity index (χ2n) is 7.32. The van der Waals surface area contributed by atoms with Gasteiger partial charge in [-0.3, -0.25) is 19.3 Å². The van der Waals surface area contributed by atoms with E-state index in [1.54, 1.807) is 42.5 Å². The number of benzene rings is 3. The van der Waals surface area contributed by atoms with Gasteiger partial charge in [-0.05, 0) is 17.7 Å². The van der Waals surface area contributed by atoms with Crippen molar-refractivity contribution in [2.75, 3.05) is 19.5 Å². The standard InChI is InChI=1S/C25H22N2O5/c1-31-18-13-17(14-19(15-18)32-2)26-23(28)22(12-16-8-4-3-5-9-16)27-24(29)20-10-6-7-11-21(20)25(27)30/h3-11,13-15,22H,12H2,1-2H3,(H,26,28)/t22-/m0/s1. The molecule has 0 saturated heterocycles. The molecule has 1 N–H and O–H groups in total. The Morgan fingerprint density at radius 1 is 0.844 bits per heavy atom. The van der Waals surface area contributed by atoms with E-state index in [2.05, 4.69) is 5.32 Å². The average molecular weight is 430 g/mol. The largest absolute Gasteiger partial charge is 0.497 e. The quantitative estimate of drug-likeness (QED) is 0.580. The van der Waals surface area contributed by atoms with Gasteiger partial charge in [-0.2, -0.15) is 0 Å². The number of nitrogens with one attached hydrogen (secondary N) is 1. The van der Waals surface area contributed by atoms with Crippen LogP contribution in [-0.4, -0.2) is 42.9 Å². The second-order valence-corrected chi connectivity index (χ2v) is 7.32. The van der Waals surface area contributed by atoms with Gasteiger partial charge in [-0.25, -0.2) is 0 Å². The van der Waals surface area contributed by atoms with E-state index < -0.39 is 23.8 Å². The van der Waals surface area contributed by atoms with E-state index >= 15 is 0 Å². The predicted octanol–water partition coefficient (Wildman–Crippen LogP) is 3.55. The minimum atomic E-state index is -1.04. The van der Waals surface area contributed by atoms with E-state index in [4.69, 9.17) is 9.47 Å². The molecule has 0 aromatic heterocycles. The number of ether oxygens (including phenoxy) is 2. The van der Waals surface area contributed by atoms with Gasteiger partial charge in [-0.1, -0.05) is 42.5 Å². The van der Waals surface area contributed by atoms with Crippen LogP contribution in [-0.2, 0) is 11.2 Å². The van der Waals surface area contributed by atoms with Gasteiger partial charge in [0.05, 0.1) is 25.3 Å². The number of methoxy groups -OCH3 is 2. The molecule has 0 aliphatic carbocycles. The molecule has 0 saturated carbocycles. The molecule has 0 radical (unpaired) electrons. The molecule has 0 spiro atoms. The number of hydrogen-bond donors (Lipinski definition) is 1. The monoisotopic (exact) mass is 430 g/mol. The lowest BCUT2D eigenvalue weighted by atomic mass is 10.0. The smallest absolute Gasteiger partial charge is 0.262 e. The van der Waals surface area contributed by atoms with Crippen molar-refractivity contribution in [3.63, 3.8) is 0 Å². The maximum Gasteiger partial charge on any atom is 0.262 e. The topological polar surface area (TPSA) is 84.9 Å². The van der Waals surface area contributed by atoms with Gasteiger partial charge in [-0.15, -0.1) is 0 Å². The van der Waals surface area contributed by atoms with Crippen LogP contribution < -0.4 is 14.8 Å². The van der Waals surface area contributed by atoms with Crippen LogP contribution in [0.25, 0.3) is 0 Å². The second kappa shape index (κ2) is 8.93. The number of nitrogens with zero attached hydrogens (tertiary/aromatic N) is 1. The van der Waals surface area contributed by atoms with Crippen LogP contribution in [0.5, 0.6) is 11.5 Å². The van der Waals surface area contributed by atoms with E-state index in [9.17, 15) is 14.4 Å². The van der Waals surface area contributed by atoms with Gasteiger partial charge in [0.2, 0.25) is 5.91 Å². The molecule has 1 aliphatic heterocycles. The van der Waals surface area contributed by atoms with E-state index in [0.29, 0.717) is 28.3 Å². The normalized spacial score (nSPS) is 13.5. The van der Waals surface area contributed by atoms with E-state index in [1.807, 2.05) is 30.3 Å². The highest BCUT2D eigenvalue weighted by molar-refractivity contribution is 6.23. The molecule has 0 unspecified atom stereocenters. The Morgan fingerprint density at radius 3 is 1.91 bits per heavy atom. The summed E-state index contributed by atoms with van der Waals surface area (Å²) in [5.41, 5.74) is 1.85. The lowest BCUT2D eigenvalue weighted by molar-refractivity contribution is -0.119. The van der Waals surface area contributed by atoms with Gasteiger partial charge in [0, 0.05) is 30.3 Å². The first kappa shape index (κ1) is 21.1. The molecule has 1 aliphatic rings. The van der Waals surface area contributed by atoms with E-state index in [1.165, 1.54) is 14.2 Å². The van der Waals surface area contributed by atoms with Gasteiger partial charge >= 0.3 is 0 Å². The molecule has 7 nitrogen and oxygen atoms in total. The molecule has 0 fully saturated rings. The highest BCUT2D eigenvalue weighted by Crippen LogP contribution is 2.29. The molecule has 4 rings (SSSR count). The summed E-state index contributed by atoms with van der Waals surface area (Å²) in [6.45, 7) is 0. The first-order chi connectivity index (χ1) is 15.5. The molecule has 162 valence electrons. The summed E-state index contributed by atoms with van der Waals surface area (Å²) >= 11 is 0. The van der Waals surface area contributed by atoms with Crippen molar-refractivity contribution in [3.05, 3.63) is 89.5 Å². The molecule has 3 amide bonds. The summed E-state index contributed by atoms with van der Waals surface area (Å²) in [6.07, 6.45) is 0.180. The highest BCUT2D eigenvalue weighted by atomic mass is 16.5. The number of fused-ring (bicyclic) bond motifs is 1. The number of amides is 3. The molecular weight excluding hydrogens is 408 g/mol. The van der Waals surface area contributed by atoms with Crippen LogP contribution in [0.15, 0.2) is 72.8 Å². The summed E-state index contributed by atoms with van der Waals surface area (Å²) in [6, 6.07) is 19.8. The molecular formula is C25H22N2O5. The number of rotatable bonds is 7. The zero-order chi connectivity index (χ0) is 22.7. The maximum absolute atomic E-state index is 13.4. The molecule has 1 atom stereocenters. The number of carbonyl (C=O) groups excluding carboxylic acids is 3. The highest BCUT2D eigenvalue weighted by Gasteiger charge is 2.42. The fourth-order valence-electron chi connectivity index (χ4n) is 3.73. The van der Waals surface area contributed by atoms with Crippen LogP contribution in [0.2, 0.25) is 0 Å². The first-order valence-corrected chi connectivity index (χ1v) is 10.1. The third-order valence-electron chi connectivity index (χ3n) is 5.33. The predicted molar refractivity (Wildman–Crippen MR) is 119 cm³/mol. The first-order valence-electron chi connectivity index (χ1n) is 10.1. The van der Waals surface area contributed by atoms with Gasteiger partial charge in [0.1, 0.15) is 17.5 Å². The van der Waals surface area contributed by atoms with Crippen LogP contribution >= 0.6 is 0 Å². The fourth-order valence-corrected chi connectivity index (χ4v) is 3.73. The van der Waals surface area contributed by atoms with Crippen molar-refractivity contribution in [2.45, 2.75) is 12.5 Å². The Bertz CT molecular complexity index is 1120.